The molecule has 1 aliphatic carbocycles. The van der Waals surface area contributed by atoms with Gasteiger partial charge < -0.3 is 14.8 Å². The maximum absolute atomic E-state index is 11.5. The highest BCUT2D eigenvalue weighted by Crippen LogP contribution is 2.22. The van der Waals surface area contributed by atoms with Crippen LogP contribution in [0.3, 0.4) is 0 Å². The zero-order chi connectivity index (χ0) is 18.6. The number of aromatic nitrogens is 4. The Morgan fingerprint density at radius 2 is 2.20 bits per heavy atom. The molecule has 2 aromatic heterocycles. The van der Waals surface area contributed by atoms with Crippen molar-refractivity contribution in [2.24, 2.45) is 0 Å². The summed E-state index contributed by atoms with van der Waals surface area (Å²) < 4.78 is 5.07. The Bertz CT molecular complexity index is 769. The van der Waals surface area contributed by atoms with Crippen molar-refractivity contribution >= 4 is 34.8 Å². The monoisotopic (exact) mass is 367 g/mol. The summed E-state index contributed by atoms with van der Waals surface area (Å²) in [6.45, 7) is 9.03. The summed E-state index contributed by atoms with van der Waals surface area (Å²) in [6.07, 6.45) is 3.52. The summed E-state index contributed by atoms with van der Waals surface area (Å²) in [5.74, 6) is 0.0499. The number of H-pyrrole nitrogens is 1. The van der Waals surface area contributed by atoms with Crippen molar-refractivity contribution in [1.82, 2.24) is 19.9 Å². The molecule has 2 heterocycles. The molecule has 25 heavy (non-hydrogen) atoms. The fourth-order valence-corrected chi connectivity index (χ4v) is 2.38. The van der Waals surface area contributed by atoms with Crippen molar-refractivity contribution in [3.8, 4) is 0 Å². The second kappa shape index (κ2) is 7.79. The predicted octanol–water partition coefficient (Wildman–Crippen LogP) is 3.44. The highest BCUT2D eigenvalue weighted by molar-refractivity contribution is 6.33. The lowest BCUT2D eigenvalue weighted by Gasteiger charge is -2.19. The van der Waals surface area contributed by atoms with Crippen LogP contribution < -0.4 is 5.32 Å². The van der Waals surface area contributed by atoms with Gasteiger partial charge in [0.2, 0.25) is 5.95 Å². The number of aliphatic hydroxyl groups is 1. The van der Waals surface area contributed by atoms with E-state index in [1.807, 2.05) is 0 Å². The number of amides is 1. The third-order valence-electron chi connectivity index (χ3n) is 3.21. The lowest BCUT2D eigenvalue weighted by Crippen LogP contribution is -2.27. The van der Waals surface area contributed by atoms with E-state index in [9.17, 15) is 4.79 Å². The van der Waals surface area contributed by atoms with Crippen LogP contribution in [0.1, 0.15) is 40.0 Å². The SMILES string of the molecule is C=C1CCC(O)C1.CC(C)(C)OC(=O)Nc1nc(Cl)c2[nH]cnc2n1. The Labute approximate surface area is 150 Å². The van der Waals surface area contributed by atoms with Gasteiger partial charge in [-0.2, -0.15) is 9.97 Å². The number of rotatable bonds is 1. The van der Waals surface area contributed by atoms with E-state index < -0.39 is 11.7 Å². The maximum atomic E-state index is 11.5. The topological polar surface area (TPSA) is 113 Å². The lowest BCUT2D eigenvalue weighted by molar-refractivity contribution is 0.0634. The average molecular weight is 368 g/mol. The number of carbonyl (C=O) groups excluding carboxylic acids is 1. The number of hydrogen-bond acceptors (Lipinski definition) is 6. The molecule has 0 bridgehead atoms. The normalized spacial score (nSPS) is 17.2. The average Bonchev–Trinajstić information content (AvgIpc) is 3.06. The smallest absolute Gasteiger partial charge is 0.414 e. The first-order chi connectivity index (χ1) is 11.6. The number of anilines is 1. The first-order valence-corrected chi connectivity index (χ1v) is 8.23. The Morgan fingerprint density at radius 3 is 2.72 bits per heavy atom. The van der Waals surface area contributed by atoms with Gasteiger partial charge in [0.05, 0.1) is 12.4 Å². The Hall–Kier alpha value is -2.19. The van der Waals surface area contributed by atoms with Crippen LogP contribution in [0, 0.1) is 0 Å². The molecule has 1 amide bonds. The van der Waals surface area contributed by atoms with Crippen LogP contribution in [-0.2, 0) is 4.74 Å². The molecule has 1 unspecified atom stereocenters. The van der Waals surface area contributed by atoms with Gasteiger partial charge in [-0.1, -0.05) is 23.8 Å². The molecule has 0 spiro atoms. The third kappa shape index (κ3) is 5.99. The molecular formula is C16H22ClN5O3. The van der Waals surface area contributed by atoms with Crippen LogP contribution in [0.4, 0.5) is 10.7 Å². The zero-order valence-corrected chi connectivity index (χ0v) is 15.2. The minimum Gasteiger partial charge on any atom is -0.444 e. The number of nitrogens with one attached hydrogen (secondary N) is 2. The zero-order valence-electron chi connectivity index (χ0n) is 14.5. The first-order valence-electron chi connectivity index (χ1n) is 7.85. The van der Waals surface area contributed by atoms with Gasteiger partial charge in [-0.3, -0.25) is 5.32 Å². The van der Waals surface area contributed by atoms with E-state index in [0.717, 1.165) is 19.3 Å². The molecule has 3 rings (SSSR count). The van der Waals surface area contributed by atoms with Gasteiger partial charge in [0.1, 0.15) is 11.1 Å². The second-order valence-electron chi connectivity index (χ2n) is 6.71. The molecule has 8 nitrogen and oxygen atoms in total. The van der Waals surface area contributed by atoms with Crippen LogP contribution in [0.2, 0.25) is 5.15 Å². The van der Waals surface area contributed by atoms with Crippen LogP contribution in [-0.4, -0.2) is 42.8 Å². The van der Waals surface area contributed by atoms with Gasteiger partial charge in [0, 0.05) is 0 Å². The maximum Gasteiger partial charge on any atom is 0.414 e. The predicted molar refractivity (Wildman–Crippen MR) is 95.5 cm³/mol. The Kier molecular flexibility index (Phi) is 5.97. The number of ether oxygens (including phenoxy) is 1. The number of carbonyl (C=O) groups is 1. The molecule has 3 N–H and O–H groups in total. The summed E-state index contributed by atoms with van der Waals surface area (Å²) in [7, 11) is 0. The van der Waals surface area contributed by atoms with Gasteiger partial charge >= 0.3 is 6.09 Å². The van der Waals surface area contributed by atoms with Crippen molar-refractivity contribution in [3.63, 3.8) is 0 Å². The molecule has 1 saturated carbocycles. The standard InChI is InChI=1S/C10H12ClN5O2.C6H10O/c1-10(2,3)18-9(17)16-8-14-6(11)5-7(15-8)13-4-12-5;1-5-2-3-6(7)4-5/h4H,1-3H3,(H2,12,13,14,15,16,17);6-7H,1-4H2. The summed E-state index contributed by atoms with van der Waals surface area (Å²) in [5.41, 5.74) is 1.50. The van der Waals surface area contributed by atoms with Crippen LogP contribution in [0.25, 0.3) is 11.2 Å². The Balaban J connectivity index is 0.000000269. The Morgan fingerprint density at radius 1 is 1.48 bits per heavy atom. The van der Waals surface area contributed by atoms with E-state index in [0.29, 0.717) is 11.2 Å². The number of nitrogens with zero attached hydrogens (tertiary/aromatic N) is 3. The number of imidazole rings is 1. The molecule has 136 valence electrons. The molecule has 0 aliphatic heterocycles. The van der Waals surface area contributed by atoms with Crippen LogP contribution in [0.15, 0.2) is 18.5 Å². The highest BCUT2D eigenvalue weighted by Gasteiger charge is 2.18. The molecule has 0 radical (unpaired) electrons. The molecule has 1 fully saturated rings. The quantitative estimate of drug-likeness (QED) is 0.525. The van der Waals surface area contributed by atoms with Crippen molar-refractivity contribution in [1.29, 1.82) is 0 Å². The van der Waals surface area contributed by atoms with E-state index >= 15 is 0 Å². The van der Waals surface area contributed by atoms with E-state index in [2.05, 4.69) is 31.8 Å². The second-order valence-corrected chi connectivity index (χ2v) is 7.07. The number of halogens is 1. The van der Waals surface area contributed by atoms with E-state index in [4.69, 9.17) is 21.4 Å². The van der Waals surface area contributed by atoms with Crippen molar-refractivity contribution in [3.05, 3.63) is 23.6 Å². The summed E-state index contributed by atoms with van der Waals surface area (Å²) in [4.78, 5) is 26.2. The highest BCUT2D eigenvalue weighted by atomic mass is 35.5. The largest absolute Gasteiger partial charge is 0.444 e. The van der Waals surface area contributed by atoms with Gasteiger partial charge in [0.25, 0.3) is 0 Å². The van der Waals surface area contributed by atoms with Gasteiger partial charge in [0.15, 0.2) is 10.8 Å². The van der Waals surface area contributed by atoms with Crippen LogP contribution in [0.5, 0.6) is 0 Å². The summed E-state index contributed by atoms with van der Waals surface area (Å²) in [6, 6.07) is 0. The van der Waals surface area contributed by atoms with Gasteiger partial charge in [-0.05, 0) is 40.0 Å². The van der Waals surface area contributed by atoms with Gasteiger partial charge in [-0.15, -0.1) is 0 Å². The summed E-state index contributed by atoms with van der Waals surface area (Å²) >= 11 is 5.91. The van der Waals surface area contributed by atoms with Gasteiger partial charge in [-0.25, -0.2) is 9.78 Å². The fourth-order valence-electron chi connectivity index (χ4n) is 2.16. The number of aliphatic hydroxyl groups excluding tert-OH is 1. The van der Waals surface area contributed by atoms with E-state index in [-0.39, 0.29) is 17.2 Å². The van der Waals surface area contributed by atoms with Crippen molar-refractivity contribution < 1.29 is 14.6 Å². The minimum absolute atomic E-state index is 0.0499. The number of aromatic amines is 1. The van der Waals surface area contributed by atoms with E-state index in [1.54, 1.807) is 20.8 Å². The molecule has 2 aromatic rings. The molecule has 0 saturated heterocycles. The first kappa shape index (κ1) is 19.1. The third-order valence-corrected chi connectivity index (χ3v) is 3.48. The fraction of sp³-hybridized carbons (Fsp3) is 0.500. The molecule has 1 aliphatic rings. The molecule has 1 atom stereocenters. The number of fused-ring (bicyclic) bond motifs is 1. The lowest BCUT2D eigenvalue weighted by atomic mass is 10.2. The molecule has 9 heteroatoms. The minimum atomic E-state index is -0.645. The van der Waals surface area contributed by atoms with Crippen LogP contribution >= 0.6 is 11.6 Å². The van der Waals surface area contributed by atoms with Crippen molar-refractivity contribution in [2.75, 3.05) is 5.32 Å². The number of hydrogen-bond donors (Lipinski definition) is 3. The molecular weight excluding hydrogens is 346 g/mol. The molecule has 0 aromatic carbocycles. The summed E-state index contributed by atoms with van der Waals surface area (Å²) in [5, 5.41) is 11.4. The van der Waals surface area contributed by atoms with E-state index in [1.165, 1.54) is 11.9 Å². The van der Waals surface area contributed by atoms with Crippen molar-refractivity contribution in [2.45, 2.75) is 51.7 Å².